The molecule has 4 heteroatoms. The van der Waals surface area contributed by atoms with Gasteiger partial charge in [0.15, 0.2) is 0 Å². The van der Waals surface area contributed by atoms with Crippen molar-refractivity contribution in [3.05, 3.63) is 34.6 Å². The Morgan fingerprint density at radius 2 is 2.05 bits per heavy atom. The van der Waals surface area contributed by atoms with Gasteiger partial charge < -0.3 is 0 Å². The summed E-state index contributed by atoms with van der Waals surface area (Å²) >= 11 is 7.43. The van der Waals surface area contributed by atoms with Crippen LogP contribution in [0.4, 0.5) is 4.39 Å². The molecule has 0 aliphatic heterocycles. The van der Waals surface area contributed by atoms with Crippen LogP contribution in [0.25, 0.3) is 0 Å². The summed E-state index contributed by atoms with van der Waals surface area (Å²) in [5.74, 6) is 0.105. The van der Waals surface area contributed by atoms with E-state index in [4.69, 9.17) is 11.6 Å². The highest BCUT2D eigenvalue weighted by molar-refractivity contribution is 8.00. The molecule has 1 saturated carbocycles. The zero-order valence-corrected chi connectivity index (χ0v) is 12.4. The molecule has 0 spiro atoms. The van der Waals surface area contributed by atoms with Crippen LogP contribution in [0.5, 0.6) is 0 Å². The van der Waals surface area contributed by atoms with Crippen molar-refractivity contribution in [3.63, 3.8) is 0 Å². The minimum Gasteiger partial charge on any atom is -0.298 e. The molecule has 1 aromatic rings. The molecular weight excluding hydrogens is 283 g/mol. The van der Waals surface area contributed by atoms with Crippen LogP contribution in [0, 0.1) is 5.82 Å². The van der Waals surface area contributed by atoms with Gasteiger partial charge in [-0.2, -0.15) is 11.8 Å². The van der Waals surface area contributed by atoms with E-state index in [0.29, 0.717) is 16.6 Å². The number of rotatable bonds is 5. The lowest BCUT2D eigenvalue weighted by molar-refractivity contribution is -0.116. The van der Waals surface area contributed by atoms with Crippen molar-refractivity contribution in [2.45, 2.75) is 43.8 Å². The van der Waals surface area contributed by atoms with Gasteiger partial charge in [-0.15, -0.1) is 0 Å². The maximum absolute atomic E-state index is 13.7. The minimum absolute atomic E-state index is 0.0803. The first-order chi connectivity index (χ1) is 9.16. The number of hydrogen-bond donors (Lipinski definition) is 0. The number of Topliss-reactive ketones (excluding diaryl/α,β-unsaturated/α-hetero) is 1. The van der Waals surface area contributed by atoms with Gasteiger partial charge in [-0.25, -0.2) is 4.39 Å². The Bertz CT molecular complexity index is 444. The highest BCUT2D eigenvalue weighted by Gasteiger charge is 2.16. The number of thioether (sulfide) groups is 1. The Morgan fingerprint density at radius 3 is 2.79 bits per heavy atom. The van der Waals surface area contributed by atoms with Crippen LogP contribution < -0.4 is 0 Å². The van der Waals surface area contributed by atoms with E-state index in [-0.39, 0.29) is 17.2 Å². The maximum Gasteiger partial charge on any atom is 0.147 e. The maximum atomic E-state index is 13.7. The molecule has 0 saturated heterocycles. The Kier molecular flexibility index (Phi) is 5.71. The first-order valence-electron chi connectivity index (χ1n) is 6.73. The van der Waals surface area contributed by atoms with Gasteiger partial charge in [0.25, 0.3) is 0 Å². The zero-order valence-electron chi connectivity index (χ0n) is 10.8. The molecule has 0 heterocycles. The zero-order chi connectivity index (χ0) is 13.7. The van der Waals surface area contributed by atoms with E-state index in [2.05, 4.69) is 0 Å². The van der Waals surface area contributed by atoms with E-state index in [1.54, 1.807) is 23.9 Å². The fourth-order valence-electron chi connectivity index (χ4n) is 2.39. The molecule has 1 aromatic carbocycles. The predicted molar refractivity (Wildman–Crippen MR) is 79.5 cm³/mol. The lowest BCUT2D eigenvalue weighted by atomic mass is 10.0. The molecule has 104 valence electrons. The summed E-state index contributed by atoms with van der Waals surface area (Å²) < 4.78 is 13.7. The first kappa shape index (κ1) is 14.9. The van der Waals surface area contributed by atoms with E-state index >= 15 is 0 Å². The van der Waals surface area contributed by atoms with Crippen molar-refractivity contribution >= 4 is 29.1 Å². The van der Waals surface area contributed by atoms with Crippen LogP contribution in [0.1, 0.15) is 37.7 Å². The molecule has 2 rings (SSSR count). The summed E-state index contributed by atoms with van der Waals surface area (Å²) in [4.78, 5) is 11.9. The molecule has 1 nitrogen and oxygen atoms in total. The SMILES string of the molecule is O=C(CSC1CCCCC1)Cc1cccc(Cl)c1F. The van der Waals surface area contributed by atoms with Crippen molar-refractivity contribution in [2.75, 3.05) is 5.75 Å². The van der Waals surface area contributed by atoms with E-state index < -0.39 is 5.82 Å². The van der Waals surface area contributed by atoms with E-state index in [0.717, 1.165) is 0 Å². The van der Waals surface area contributed by atoms with E-state index in [1.807, 2.05) is 0 Å². The van der Waals surface area contributed by atoms with E-state index in [9.17, 15) is 9.18 Å². The number of hydrogen-bond acceptors (Lipinski definition) is 2. The summed E-state index contributed by atoms with van der Waals surface area (Å²) in [7, 11) is 0. The molecular formula is C15H18ClFOS. The third-order valence-corrected chi connectivity index (χ3v) is 5.17. The summed E-state index contributed by atoms with van der Waals surface area (Å²) in [5.41, 5.74) is 0.404. The van der Waals surface area contributed by atoms with Gasteiger partial charge in [-0.3, -0.25) is 4.79 Å². The number of carbonyl (C=O) groups excluding carboxylic acids is 1. The number of ketones is 1. The lowest BCUT2D eigenvalue weighted by Gasteiger charge is -2.20. The van der Waals surface area contributed by atoms with Gasteiger partial charge in [-0.1, -0.05) is 43.0 Å². The van der Waals surface area contributed by atoms with Gasteiger partial charge >= 0.3 is 0 Å². The Balaban J connectivity index is 1.82. The van der Waals surface area contributed by atoms with Crippen LogP contribution in [0.3, 0.4) is 0 Å². The Morgan fingerprint density at radius 1 is 1.32 bits per heavy atom. The smallest absolute Gasteiger partial charge is 0.147 e. The summed E-state index contributed by atoms with van der Waals surface area (Å²) in [6.45, 7) is 0. The van der Waals surface area contributed by atoms with Crippen LogP contribution in [-0.4, -0.2) is 16.8 Å². The standard InChI is InChI=1S/C15H18ClFOS/c16-14-8-4-5-11(15(14)17)9-12(18)10-19-13-6-2-1-3-7-13/h4-5,8,13H,1-3,6-7,9-10H2. The van der Waals surface area contributed by atoms with Crippen LogP contribution in [0.2, 0.25) is 5.02 Å². The highest BCUT2D eigenvalue weighted by atomic mass is 35.5. The normalized spacial score (nSPS) is 16.5. The van der Waals surface area contributed by atoms with Crippen molar-refractivity contribution in [1.82, 2.24) is 0 Å². The number of halogens is 2. The second kappa shape index (κ2) is 7.30. The molecule has 0 bridgehead atoms. The second-order valence-electron chi connectivity index (χ2n) is 5.00. The fraction of sp³-hybridized carbons (Fsp3) is 0.533. The van der Waals surface area contributed by atoms with Gasteiger partial charge in [0, 0.05) is 11.7 Å². The first-order valence-corrected chi connectivity index (χ1v) is 8.15. The monoisotopic (exact) mass is 300 g/mol. The van der Waals surface area contributed by atoms with Gasteiger partial charge in [0.2, 0.25) is 0 Å². The minimum atomic E-state index is -0.458. The number of carbonyl (C=O) groups is 1. The molecule has 1 aliphatic carbocycles. The van der Waals surface area contributed by atoms with Gasteiger partial charge in [0.1, 0.15) is 11.6 Å². The molecule has 0 radical (unpaired) electrons. The third-order valence-electron chi connectivity index (χ3n) is 3.45. The van der Waals surface area contributed by atoms with Gasteiger partial charge in [0.05, 0.1) is 10.8 Å². The third kappa shape index (κ3) is 4.50. The quantitative estimate of drug-likeness (QED) is 0.787. The van der Waals surface area contributed by atoms with Crippen LogP contribution in [0.15, 0.2) is 18.2 Å². The highest BCUT2D eigenvalue weighted by Crippen LogP contribution is 2.28. The average molecular weight is 301 g/mol. The summed E-state index contributed by atoms with van der Waals surface area (Å²) in [6.07, 6.45) is 6.43. The van der Waals surface area contributed by atoms with Crippen molar-refractivity contribution in [2.24, 2.45) is 0 Å². The summed E-state index contributed by atoms with van der Waals surface area (Å²) in [5, 5.41) is 0.701. The van der Waals surface area contributed by atoms with Crippen LogP contribution >= 0.6 is 23.4 Å². The molecule has 1 aliphatic rings. The molecule has 19 heavy (non-hydrogen) atoms. The second-order valence-corrected chi connectivity index (χ2v) is 6.70. The molecule has 0 atom stereocenters. The van der Waals surface area contributed by atoms with Gasteiger partial charge in [-0.05, 0) is 24.5 Å². The number of benzene rings is 1. The molecule has 0 N–H and O–H groups in total. The lowest BCUT2D eigenvalue weighted by Crippen LogP contribution is -2.14. The molecule has 0 aromatic heterocycles. The fourth-order valence-corrected chi connectivity index (χ4v) is 3.78. The Hall–Kier alpha value is -0.540. The Labute approximate surface area is 122 Å². The van der Waals surface area contributed by atoms with Crippen LogP contribution in [-0.2, 0) is 11.2 Å². The van der Waals surface area contributed by atoms with Crippen molar-refractivity contribution in [1.29, 1.82) is 0 Å². The van der Waals surface area contributed by atoms with Crippen molar-refractivity contribution < 1.29 is 9.18 Å². The largest absolute Gasteiger partial charge is 0.298 e. The predicted octanol–water partition coefficient (Wildman–Crippen LogP) is 4.66. The molecule has 0 amide bonds. The molecule has 0 unspecified atom stereocenters. The van der Waals surface area contributed by atoms with E-state index in [1.165, 1.54) is 38.2 Å². The van der Waals surface area contributed by atoms with Crippen molar-refractivity contribution in [3.8, 4) is 0 Å². The average Bonchev–Trinajstić information content (AvgIpc) is 2.43. The molecule has 1 fully saturated rings. The summed E-state index contributed by atoms with van der Waals surface area (Å²) in [6, 6.07) is 4.81. The topological polar surface area (TPSA) is 17.1 Å².